The molecule has 1 aliphatic rings. The fourth-order valence-electron chi connectivity index (χ4n) is 5.07. The number of nitrogens with one attached hydrogen (secondary N) is 1. The lowest BCUT2D eigenvalue weighted by Crippen LogP contribution is -2.39. The van der Waals surface area contributed by atoms with Gasteiger partial charge in [0.2, 0.25) is 5.91 Å². The van der Waals surface area contributed by atoms with Crippen molar-refractivity contribution in [1.29, 1.82) is 0 Å². The number of hydrogen-bond donors (Lipinski definition) is 5. The molecule has 5 N–H and O–H groups in total. The summed E-state index contributed by atoms with van der Waals surface area (Å²) >= 11 is 0. The zero-order chi connectivity index (χ0) is 30.8. The van der Waals surface area contributed by atoms with E-state index in [2.05, 4.69) is 5.32 Å². The molecule has 1 heterocycles. The quantitative estimate of drug-likeness (QED) is 0.188. The van der Waals surface area contributed by atoms with Crippen LogP contribution in [0.2, 0.25) is 0 Å². The van der Waals surface area contributed by atoms with Crippen LogP contribution < -0.4 is 5.32 Å². The molecule has 1 fully saturated rings. The molecule has 4 unspecified atom stereocenters. The minimum atomic E-state index is -0.917. The number of carbonyl (C=O) groups excluding carboxylic acids is 1. The van der Waals surface area contributed by atoms with Crippen LogP contribution in [0.4, 0.5) is 0 Å². The van der Waals surface area contributed by atoms with Crippen molar-refractivity contribution in [2.24, 2.45) is 0 Å². The number of carboxylic acids is 1. The van der Waals surface area contributed by atoms with Crippen molar-refractivity contribution < 1.29 is 39.5 Å². The third kappa shape index (κ3) is 9.87. The van der Waals surface area contributed by atoms with E-state index in [0.717, 1.165) is 22.3 Å². The highest BCUT2D eigenvalue weighted by Gasteiger charge is 2.33. The number of amides is 1. The van der Waals surface area contributed by atoms with E-state index in [-0.39, 0.29) is 43.3 Å². The van der Waals surface area contributed by atoms with Gasteiger partial charge in [0.05, 0.1) is 24.9 Å². The van der Waals surface area contributed by atoms with E-state index < -0.39 is 18.4 Å². The van der Waals surface area contributed by atoms with Gasteiger partial charge in [0.25, 0.3) is 0 Å². The van der Waals surface area contributed by atoms with Gasteiger partial charge in [0, 0.05) is 44.5 Å². The Morgan fingerprint density at radius 1 is 0.977 bits per heavy atom. The number of aliphatic carboxylic acids is 1. The van der Waals surface area contributed by atoms with E-state index in [9.17, 15) is 24.9 Å². The molecule has 0 radical (unpaired) electrons. The fraction of sp³-hybridized carbons (Fsp3) is 0.394. The van der Waals surface area contributed by atoms with Gasteiger partial charge in [0.15, 0.2) is 6.29 Å². The van der Waals surface area contributed by atoms with Crippen LogP contribution in [0.1, 0.15) is 72.0 Å². The molecule has 0 bridgehead atoms. The van der Waals surface area contributed by atoms with Gasteiger partial charge in [0.1, 0.15) is 5.75 Å². The van der Waals surface area contributed by atoms with E-state index >= 15 is 0 Å². The second-order valence-electron chi connectivity index (χ2n) is 10.9. The van der Waals surface area contributed by atoms with Crippen LogP contribution in [0.3, 0.4) is 0 Å². The largest absolute Gasteiger partial charge is 0.508 e. The predicted molar refractivity (Wildman–Crippen MR) is 159 cm³/mol. The molecule has 0 aromatic heterocycles. The first-order valence-corrected chi connectivity index (χ1v) is 14.4. The van der Waals surface area contributed by atoms with E-state index in [1.807, 2.05) is 60.5 Å². The topological polar surface area (TPSA) is 149 Å². The van der Waals surface area contributed by atoms with Crippen LogP contribution in [-0.2, 0) is 32.2 Å². The Bertz CT molecular complexity index is 1330. The SMILES string of the molecule is CN(CC1CC(c2ccc(CO)cc2)OC(c2ccc(CNC(=O)CCCC(=O)O)cc2)O1)CC(O)c1cccc(O)c1. The Morgan fingerprint density at radius 3 is 2.35 bits per heavy atom. The molecule has 230 valence electrons. The number of aliphatic hydroxyl groups is 2. The van der Waals surface area contributed by atoms with Gasteiger partial charge in [-0.3, -0.25) is 9.59 Å². The highest BCUT2D eigenvalue weighted by molar-refractivity contribution is 5.76. The number of ether oxygens (including phenoxy) is 2. The maximum absolute atomic E-state index is 12.0. The Labute approximate surface area is 251 Å². The van der Waals surface area contributed by atoms with E-state index in [1.54, 1.807) is 24.3 Å². The number of rotatable bonds is 14. The zero-order valence-electron chi connectivity index (χ0n) is 24.3. The molecular weight excluding hydrogens is 552 g/mol. The lowest BCUT2D eigenvalue weighted by Gasteiger charge is -2.38. The maximum Gasteiger partial charge on any atom is 0.303 e. The fourth-order valence-corrected chi connectivity index (χ4v) is 5.07. The first kappa shape index (κ1) is 32.1. The second-order valence-corrected chi connectivity index (χ2v) is 10.9. The molecule has 0 saturated carbocycles. The van der Waals surface area contributed by atoms with Gasteiger partial charge in [-0.05, 0) is 47.9 Å². The first-order valence-electron chi connectivity index (χ1n) is 14.4. The summed E-state index contributed by atoms with van der Waals surface area (Å²) in [5, 5.41) is 41.5. The number of phenolic OH excluding ortho intramolecular Hbond substituents is 1. The zero-order valence-corrected chi connectivity index (χ0v) is 24.3. The van der Waals surface area contributed by atoms with Crippen molar-refractivity contribution in [3.8, 4) is 5.75 Å². The van der Waals surface area contributed by atoms with Crippen LogP contribution in [0.15, 0.2) is 72.8 Å². The molecule has 43 heavy (non-hydrogen) atoms. The Morgan fingerprint density at radius 2 is 1.67 bits per heavy atom. The van der Waals surface area contributed by atoms with Crippen molar-refractivity contribution in [3.63, 3.8) is 0 Å². The van der Waals surface area contributed by atoms with Crippen molar-refractivity contribution in [3.05, 3.63) is 101 Å². The molecule has 1 saturated heterocycles. The number of benzene rings is 3. The predicted octanol–water partition coefficient (Wildman–Crippen LogP) is 3.97. The number of nitrogens with zero attached hydrogens (tertiary/aromatic N) is 1. The first-order chi connectivity index (χ1) is 20.7. The Kier molecular flexibility index (Phi) is 11.7. The van der Waals surface area contributed by atoms with Crippen LogP contribution in [-0.4, -0.2) is 63.4 Å². The van der Waals surface area contributed by atoms with E-state index in [0.29, 0.717) is 38.0 Å². The third-order valence-corrected chi connectivity index (χ3v) is 7.41. The molecule has 3 aromatic rings. The average Bonchev–Trinajstić information content (AvgIpc) is 3.00. The molecule has 4 atom stereocenters. The molecule has 0 aliphatic carbocycles. The standard InChI is InChI=1S/C33H40N2O8/c1-35(20-29(38)26-4-2-5-27(37)16-26)19-28-17-30(24-12-10-23(21-36)11-13-24)43-33(42-28)25-14-8-22(9-15-25)18-34-31(39)6-3-7-32(40)41/h2,4-5,8-16,28-30,33,36-38H,3,6-7,17-21H2,1H3,(H,34,39)(H,40,41). The van der Waals surface area contributed by atoms with Gasteiger partial charge in [-0.15, -0.1) is 0 Å². The van der Waals surface area contributed by atoms with E-state index in [1.165, 1.54) is 0 Å². The molecule has 1 aliphatic heterocycles. The number of carbonyl (C=O) groups is 2. The van der Waals surface area contributed by atoms with Crippen molar-refractivity contribution >= 4 is 11.9 Å². The van der Waals surface area contributed by atoms with Crippen molar-refractivity contribution in [1.82, 2.24) is 10.2 Å². The molecule has 1 amide bonds. The summed E-state index contributed by atoms with van der Waals surface area (Å²) < 4.78 is 12.8. The summed E-state index contributed by atoms with van der Waals surface area (Å²) in [6.07, 6.45) is -0.886. The number of aliphatic hydroxyl groups excluding tert-OH is 2. The summed E-state index contributed by atoms with van der Waals surface area (Å²) in [4.78, 5) is 24.7. The van der Waals surface area contributed by atoms with Gasteiger partial charge in [-0.1, -0.05) is 60.7 Å². The average molecular weight is 593 g/mol. The summed E-state index contributed by atoms with van der Waals surface area (Å²) in [6, 6.07) is 21.9. The smallest absolute Gasteiger partial charge is 0.303 e. The van der Waals surface area contributed by atoms with Crippen LogP contribution in [0, 0.1) is 0 Å². The molecule has 0 spiro atoms. The van der Waals surface area contributed by atoms with Gasteiger partial charge >= 0.3 is 5.97 Å². The number of hydrogen-bond acceptors (Lipinski definition) is 8. The van der Waals surface area contributed by atoms with Crippen LogP contribution in [0.5, 0.6) is 5.75 Å². The number of aromatic hydroxyl groups is 1. The van der Waals surface area contributed by atoms with Gasteiger partial charge in [-0.2, -0.15) is 0 Å². The lowest BCUT2D eigenvalue weighted by atomic mass is 9.99. The van der Waals surface area contributed by atoms with Crippen molar-refractivity contribution in [2.75, 3.05) is 20.1 Å². The highest BCUT2D eigenvalue weighted by Crippen LogP contribution is 2.38. The summed E-state index contributed by atoms with van der Waals surface area (Å²) in [5.41, 5.74) is 4.13. The summed E-state index contributed by atoms with van der Waals surface area (Å²) in [6.45, 7) is 1.17. The van der Waals surface area contributed by atoms with Crippen molar-refractivity contribution in [2.45, 2.75) is 63.4 Å². The van der Waals surface area contributed by atoms with Gasteiger partial charge < -0.3 is 40.1 Å². The second kappa shape index (κ2) is 15.6. The maximum atomic E-state index is 12.0. The molecule has 10 nitrogen and oxygen atoms in total. The minimum absolute atomic E-state index is 0.0367. The number of likely N-dealkylation sites (N-methyl/N-ethyl adjacent to an activating group) is 1. The van der Waals surface area contributed by atoms with Crippen LogP contribution in [0.25, 0.3) is 0 Å². The highest BCUT2D eigenvalue weighted by atomic mass is 16.7. The normalized spacial score (nSPS) is 19.2. The lowest BCUT2D eigenvalue weighted by molar-refractivity contribution is -0.252. The monoisotopic (exact) mass is 592 g/mol. The number of phenols is 1. The molecule has 10 heteroatoms. The third-order valence-electron chi connectivity index (χ3n) is 7.41. The minimum Gasteiger partial charge on any atom is -0.508 e. The molecule has 4 rings (SSSR count). The van der Waals surface area contributed by atoms with Gasteiger partial charge in [-0.25, -0.2) is 0 Å². The number of carboxylic acid groups (broad SMARTS) is 1. The summed E-state index contributed by atoms with van der Waals surface area (Å²) in [7, 11) is 1.91. The molecular formula is C33H40N2O8. The Balaban J connectivity index is 1.41. The molecule has 3 aromatic carbocycles. The summed E-state index contributed by atoms with van der Waals surface area (Å²) in [5.74, 6) is -1.01. The Hall–Kier alpha value is -3.80. The van der Waals surface area contributed by atoms with Crippen LogP contribution >= 0.6 is 0 Å². The van der Waals surface area contributed by atoms with E-state index in [4.69, 9.17) is 14.6 Å².